The summed E-state index contributed by atoms with van der Waals surface area (Å²) in [6.07, 6.45) is 0.292. The van der Waals surface area contributed by atoms with Crippen LogP contribution in [0.5, 0.6) is 0 Å². The maximum atomic E-state index is 13.4. The van der Waals surface area contributed by atoms with E-state index in [1.54, 1.807) is 24.0 Å². The topological polar surface area (TPSA) is 49.4 Å². The second kappa shape index (κ2) is 5.16. The highest BCUT2D eigenvalue weighted by atomic mass is 19.1. The number of nitrogens with zero attached hydrogens (tertiary/aromatic N) is 1. The molecule has 2 rings (SSSR count). The molecule has 18 heavy (non-hydrogen) atoms. The first kappa shape index (κ1) is 12.5. The summed E-state index contributed by atoms with van der Waals surface area (Å²) < 4.78 is 13.4. The summed E-state index contributed by atoms with van der Waals surface area (Å²) in [4.78, 5) is 24.9. The van der Waals surface area contributed by atoms with E-state index < -0.39 is 0 Å². The number of hydrogen-bond donors (Lipinski definition) is 1. The van der Waals surface area contributed by atoms with E-state index in [2.05, 4.69) is 5.32 Å². The van der Waals surface area contributed by atoms with Gasteiger partial charge in [-0.05, 0) is 24.6 Å². The van der Waals surface area contributed by atoms with Crippen LogP contribution < -0.4 is 5.32 Å². The number of carbonyl (C=O) groups is 2. The third-order valence-corrected chi connectivity index (χ3v) is 3.02. The van der Waals surface area contributed by atoms with Crippen molar-refractivity contribution in [1.82, 2.24) is 10.2 Å². The highest BCUT2D eigenvalue weighted by Crippen LogP contribution is 2.12. The van der Waals surface area contributed by atoms with Crippen molar-refractivity contribution in [2.24, 2.45) is 0 Å². The molecule has 1 aliphatic rings. The van der Waals surface area contributed by atoms with E-state index in [9.17, 15) is 14.0 Å². The van der Waals surface area contributed by atoms with Gasteiger partial charge in [0.1, 0.15) is 5.82 Å². The Hall–Kier alpha value is -1.91. The van der Waals surface area contributed by atoms with Gasteiger partial charge < -0.3 is 10.2 Å². The molecule has 0 saturated carbocycles. The summed E-state index contributed by atoms with van der Waals surface area (Å²) >= 11 is 0. The number of benzene rings is 1. The van der Waals surface area contributed by atoms with Crippen molar-refractivity contribution in [2.45, 2.75) is 13.3 Å². The molecule has 1 heterocycles. The summed E-state index contributed by atoms with van der Waals surface area (Å²) in [5.74, 6) is -0.671. The SMILES string of the molecule is Cc1ccc(C(=O)N2CCNC(=O)CC2)cc1F. The van der Waals surface area contributed by atoms with Crippen molar-refractivity contribution in [2.75, 3.05) is 19.6 Å². The number of halogens is 1. The van der Waals surface area contributed by atoms with Crippen LogP contribution in [0.1, 0.15) is 22.3 Å². The molecule has 1 N–H and O–H groups in total. The quantitative estimate of drug-likeness (QED) is 0.811. The molecule has 0 bridgehead atoms. The fourth-order valence-electron chi connectivity index (χ4n) is 1.88. The van der Waals surface area contributed by atoms with Gasteiger partial charge in [0, 0.05) is 31.6 Å². The fourth-order valence-corrected chi connectivity index (χ4v) is 1.88. The second-order valence-corrected chi connectivity index (χ2v) is 4.36. The van der Waals surface area contributed by atoms with Crippen LogP contribution in [-0.2, 0) is 4.79 Å². The fraction of sp³-hybridized carbons (Fsp3) is 0.385. The minimum absolute atomic E-state index is 0.0552. The van der Waals surface area contributed by atoms with Crippen LogP contribution in [0.4, 0.5) is 4.39 Å². The van der Waals surface area contributed by atoms with Crippen molar-refractivity contribution in [3.63, 3.8) is 0 Å². The van der Waals surface area contributed by atoms with Crippen molar-refractivity contribution < 1.29 is 14.0 Å². The van der Waals surface area contributed by atoms with Gasteiger partial charge in [-0.1, -0.05) is 6.07 Å². The Bertz CT molecular complexity index is 488. The molecule has 1 aromatic carbocycles. The normalized spacial score (nSPS) is 16.1. The minimum atomic E-state index is -0.384. The van der Waals surface area contributed by atoms with Crippen LogP contribution >= 0.6 is 0 Å². The number of rotatable bonds is 1. The van der Waals surface area contributed by atoms with Crippen LogP contribution in [0.25, 0.3) is 0 Å². The maximum absolute atomic E-state index is 13.4. The largest absolute Gasteiger partial charge is 0.354 e. The molecule has 96 valence electrons. The average molecular weight is 250 g/mol. The van der Waals surface area contributed by atoms with E-state index in [1.165, 1.54) is 6.07 Å². The van der Waals surface area contributed by atoms with Crippen LogP contribution in [0.2, 0.25) is 0 Å². The van der Waals surface area contributed by atoms with Crippen molar-refractivity contribution in [3.05, 3.63) is 35.1 Å². The van der Waals surface area contributed by atoms with Gasteiger partial charge in [0.05, 0.1) is 0 Å². The molecule has 1 aliphatic heterocycles. The molecule has 4 nitrogen and oxygen atoms in total. The monoisotopic (exact) mass is 250 g/mol. The zero-order chi connectivity index (χ0) is 13.1. The van der Waals surface area contributed by atoms with E-state index in [-0.39, 0.29) is 17.6 Å². The van der Waals surface area contributed by atoms with Crippen LogP contribution in [0.15, 0.2) is 18.2 Å². The Labute approximate surface area is 105 Å². The molecule has 0 atom stereocenters. The zero-order valence-corrected chi connectivity index (χ0v) is 10.2. The molecule has 0 aliphatic carbocycles. The maximum Gasteiger partial charge on any atom is 0.254 e. The smallest absolute Gasteiger partial charge is 0.254 e. The Morgan fingerprint density at radius 2 is 2.17 bits per heavy atom. The lowest BCUT2D eigenvalue weighted by atomic mass is 10.1. The van der Waals surface area contributed by atoms with Crippen molar-refractivity contribution >= 4 is 11.8 Å². The summed E-state index contributed by atoms with van der Waals surface area (Å²) in [6.45, 7) is 2.93. The van der Waals surface area contributed by atoms with Gasteiger partial charge in [0.25, 0.3) is 5.91 Å². The van der Waals surface area contributed by atoms with Crippen molar-refractivity contribution in [3.8, 4) is 0 Å². The molecule has 0 aromatic heterocycles. The third kappa shape index (κ3) is 2.67. The van der Waals surface area contributed by atoms with E-state index in [1.807, 2.05) is 0 Å². The second-order valence-electron chi connectivity index (χ2n) is 4.36. The van der Waals surface area contributed by atoms with E-state index in [0.717, 1.165) is 0 Å². The Morgan fingerprint density at radius 1 is 1.39 bits per heavy atom. The average Bonchev–Trinajstić information content (AvgIpc) is 2.57. The first-order valence-corrected chi connectivity index (χ1v) is 5.90. The Morgan fingerprint density at radius 3 is 2.89 bits per heavy atom. The van der Waals surface area contributed by atoms with E-state index in [0.29, 0.717) is 37.2 Å². The third-order valence-electron chi connectivity index (χ3n) is 3.02. The van der Waals surface area contributed by atoms with Crippen LogP contribution in [0.3, 0.4) is 0 Å². The first-order valence-electron chi connectivity index (χ1n) is 5.90. The van der Waals surface area contributed by atoms with Gasteiger partial charge >= 0.3 is 0 Å². The molecular weight excluding hydrogens is 235 g/mol. The molecule has 2 amide bonds. The molecule has 5 heteroatoms. The lowest BCUT2D eigenvalue weighted by molar-refractivity contribution is -0.120. The van der Waals surface area contributed by atoms with Gasteiger partial charge in [0.2, 0.25) is 5.91 Å². The number of carbonyl (C=O) groups excluding carboxylic acids is 2. The summed E-state index contributed by atoms with van der Waals surface area (Å²) in [5.41, 5.74) is 0.840. The molecule has 1 aromatic rings. The van der Waals surface area contributed by atoms with Gasteiger partial charge in [-0.25, -0.2) is 4.39 Å². The summed E-state index contributed by atoms with van der Waals surface area (Å²) in [7, 11) is 0. The summed E-state index contributed by atoms with van der Waals surface area (Å²) in [5, 5.41) is 2.69. The van der Waals surface area contributed by atoms with Crippen molar-refractivity contribution in [1.29, 1.82) is 0 Å². The summed E-state index contributed by atoms with van der Waals surface area (Å²) in [6, 6.07) is 4.45. The highest BCUT2D eigenvalue weighted by molar-refractivity contribution is 5.94. The predicted octanol–water partition coefficient (Wildman–Crippen LogP) is 1.10. The van der Waals surface area contributed by atoms with Crippen LogP contribution in [0, 0.1) is 12.7 Å². The lowest BCUT2D eigenvalue weighted by Gasteiger charge is -2.19. The van der Waals surface area contributed by atoms with Crippen LogP contribution in [-0.4, -0.2) is 36.3 Å². The molecule has 0 radical (unpaired) electrons. The predicted molar refractivity (Wildman–Crippen MR) is 64.7 cm³/mol. The minimum Gasteiger partial charge on any atom is -0.354 e. The van der Waals surface area contributed by atoms with Gasteiger partial charge in [0.15, 0.2) is 0 Å². The standard InChI is InChI=1S/C13H15FN2O2/c1-9-2-3-10(8-11(9)14)13(18)16-6-4-12(17)15-5-7-16/h2-3,8H,4-7H2,1H3,(H,15,17). The zero-order valence-electron chi connectivity index (χ0n) is 10.2. The van der Waals surface area contributed by atoms with E-state index >= 15 is 0 Å². The molecule has 0 spiro atoms. The highest BCUT2D eigenvalue weighted by Gasteiger charge is 2.20. The number of hydrogen-bond acceptors (Lipinski definition) is 2. The molecule has 0 unspecified atom stereocenters. The lowest BCUT2D eigenvalue weighted by Crippen LogP contribution is -2.34. The first-order chi connectivity index (χ1) is 8.58. The Balaban J connectivity index is 2.14. The molecular formula is C13H15FN2O2. The Kier molecular flexibility index (Phi) is 3.60. The molecule has 1 fully saturated rings. The van der Waals surface area contributed by atoms with Gasteiger partial charge in [-0.3, -0.25) is 9.59 Å². The molecule has 1 saturated heterocycles. The van der Waals surface area contributed by atoms with Gasteiger partial charge in [-0.15, -0.1) is 0 Å². The van der Waals surface area contributed by atoms with E-state index in [4.69, 9.17) is 0 Å². The van der Waals surface area contributed by atoms with Gasteiger partial charge in [-0.2, -0.15) is 0 Å². The number of nitrogens with one attached hydrogen (secondary N) is 1. The number of amides is 2. The number of aryl methyl sites for hydroxylation is 1.